The number of thiazole rings is 1. The third kappa shape index (κ3) is 4.73. The summed E-state index contributed by atoms with van der Waals surface area (Å²) in [5, 5.41) is 16.1. The van der Waals surface area contributed by atoms with Gasteiger partial charge in [-0.25, -0.2) is 14.6 Å². The van der Waals surface area contributed by atoms with E-state index in [-0.39, 0.29) is 18.2 Å². The molecule has 170 valence electrons. The van der Waals surface area contributed by atoms with Crippen LogP contribution in [-0.2, 0) is 9.53 Å². The number of alkyl carbamates (subject to hydrolysis) is 1. The van der Waals surface area contributed by atoms with E-state index < -0.39 is 30.1 Å². The molecule has 0 saturated heterocycles. The number of rotatable bonds is 7. The van der Waals surface area contributed by atoms with Crippen LogP contribution in [0.25, 0.3) is 11.1 Å². The summed E-state index contributed by atoms with van der Waals surface area (Å²) in [6.07, 6.45) is -0.686. The summed E-state index contributed by atoms with van der Waals surface area (Å²) in [7, 11) is 0. The van der Waals surface area contributed by atoms with Crippen LogP contribution in [0.3, 0.4) is 0 Å². The van der Waals surface area contributed by atoms with Crippen molar-refractivity contribution in [1.29, 1.82) is 0 Å². The van der Waals surface area contributed by atoms with E-state index in [1.807, 2.05) is 36.4 Å². The van der Waals surface area contributed by atoms with E-state index in [9.17, 15) is 14.4 Å². The molecule has 4 rings (SSSR count). The van der Waals surface area contributed by atoms with Crippen LogP contribution in [0.4, 0.5) is 4.79 Å². The lowest BCUT2D eigenvalue weighted by Gasteiger charge is -2.18. The Labute approximate surface area is 194 Å². The maximum absolute atomic E-state index is 12.5. The molecule has 3 N–H and O–H groups in total. The van der Waals surface area contributed by atoms with E-state index in [0.717, 1.165) is 33.6 Å². The fourth-order valence-electron chi connectivity index (χ4n) is 3.87. The topological polar surface area (TPSA) is 118 Å². The molecule has 1 aromatic heterocycles. The van der Waals surface area contributed by atoms with Crippen molar-refractivity contribution >= 4 is 29.3 Å². The van der Waals surface area contributed by atoms with Crippen molar-refractivity contribution in [3.8, 4) is 11.1 Å². The smallest absolute Gasteiger partial charge is 0.407 e. The van der Waals surface area contributed by atoms with Crippen molar-refractivity contribution in [2.45, 2.75) is 31.8 Å². The highest BCUT2D eigenvalue weighted by Gasteiger charge is 2.29. The molecule has 1 aliphatic rings. The zero-order chi connectivity index (χ0) is 23.5. The first kappa shape index (κ1) is 22.5. The summed E-state index contributed by atoms with van der Waals surface area (Å²) >= 11 is 1.15. The molecule has 2 aromatic carbocycles. The number of carbonyl (C=O) groups excluding carboxylic acids is 2. The zero-order valence-electron chi connectivity index (χ0n) is 18.1. The average Bonchev–Trinajstić information content (AvgIpc) is 3.41. The molecule has 33 heavy (non-hydrogen) atoms. The third-order valence-corrected chi connectivity index (χ3v) is 6.57. The zero-order valence-corrected chi connectivity index (χ0v) is 18.9. The van der Waals surface area contributed by atoms with Crippen LogP contribution < -0.4 is 10.6 Å². The number of ether oxygens (including phenoxy) is 1. The van der Waals surface area contributed by atoms with E-state index in [0.29, 0.717) is 5.01 Å². The number of nitrogens with one attached hydrogen (secondary N) is 2. The second-order valence-electron chi connectivity index (χ2n) is 7.80. The summed E-state index contributed by atoms with van der Waals surface area (Å²) in [6, 6.07) is 14.8. The van der Waals surface area contributed by atoms with Crippen LogP contribution in [0.15, 0.2) is 53.9 Å². The number of amides is 2. The lowest BCUT2D eigenvalue weighted by molar-refractivity contribution is -0.123. The Balaban J connectivity index is 1.32. The quantitative estimate of drug-likeness (QED) is 0.486. The molecule has 1 heterocycles. The van der Waals surface area contributed by atoms with Crippen LogP contribution in [0, 0.1) is 0 Å². The van der Waals surface area contributed by atoms with E-state index in [1.165, 1.54) is 5.38 Å². The van der Waals surface area contributed by atoms with Gasteiger partial charge < -0.3 is 20.5 Å². The summed E-state index contributed by atoms with van der Waals surface area (Å²) in [5.41, 5.74) is 4.42. The normalized spacial score (nSPS) is 14.0. The van der Waals surface area contributed by atoms with Gasteiger partial charge in [0, 0.05) is 11.3 Å². The van der Waals surface area contributed by atoms with Gasteiger partial charge in [0.15, 0.2) is 5.69 Å². The molecule has 8 nitrogen and oxygen atoms in total. The Morgan fingerprint density at radius 3 is 2.21 bits per heavy atom. The van der Waals surface area contributed by atoms with E-state index >= 15 is 0 Å². The fourth-order valence-corrected chi connectivity index (χ4v) is 4.67. The summed E-state index contributed by atoms with van der Waals surface area (Å²) in [6.45, 7) is 3.40. The van der Waals surface area contributed by atoms with Crippen molar-refractivity contribution in [3.63, 3.8) is 0 Å². The van der Waals surface area contributed by atoms with Crippen LogP contribution in [0.5, 0.6) is 0 Å². The van der Waals surface area contributed by atoms with E-state index in [1.54, 1.807) is 13.8 Å². The summed E-state index contributed by atoms with van der Waals surface area (Å²) in [5.74, 6) is -1.62. The minimum absolute atomic E-state index is 0.0686. The molecule has 1 aliphatic carbocycles. The van der Waals surface area contributed by atoms with Gasteiger partial charge in [-0.15, -0.1) is 11.3 Å². The number of fused-ring (bicyclic) bond motifs is 3. The molecule has 0 aliphatic heterocycles. The van der Waals surface area contributed by atoms with Gasteiger partial charge in [-0.3, -0.25) is 4.79 Å². The third-order valence-electron chi connectivity index (χ3n) is 5.54. The first-order valence-electron chi connectivity index (χ1n) is 10.5. The highest BCUT2D eigenvalue weighted by atomic mass is 32.1. The van der Waals surface area contributed by atoms with Crippen molar-refractivity contribution in [3.05, 3.63) is 75.7 Å². The number of hydrogen-bond acceptors (Lipinski definition) is 6. The monoisotopic (exact) mass is 465 g/mol. The number of aromatic nitrogens is 1. The van der Waals surface area contributed by atoms with E-state index in [4.69, 9.17) is 9.84 Å². The SMILES string of the molecule is CC(NC(=O)[C@@H](C)NC(=O)OCC1c2ccccc2-c2ccccc21)c1nc(C(=O)O)cs1. The van der Waals surface area contributed by atoms with Gasteiger partial charge in [0.1, 0.15) is 17.7 Å². The van der Waals surface area contributed by atoms with Crippen molar-refractivity contribution in [2.24, 2.45) is 0 Å². The fraction of sp³-hybridized carbons (Fsp3) is 0.250. The predicted octanol–water partition coefficient (Wildman–Crippen LogP) is 3.95. The first-order chi connectivity index (χ1) is 15.8. The van der Waals surface area contributed by atoms with Crippen LogP contribution in [0.2, 0.25) is 0 Å². The maximum atomic E-state index is 12.5. The Morgan fingerprint density at radius 1 is 1.03 bits per heavy atom. The number of carboxylic acids is 1. The first-order valence-corrected chi connectivity index (χ1v) is 11.3. The largest absolute Gasteiger partial charge is 0.476 e. The Hall–Kier alpha value is -3.72. The van der Waals surface area contributed by atoms with Crippen molar-refractivity contribution < 1.29 is 24.2 Å². The Morgan fingerprint density at radius 2 is 1.64 bits per heavy atom. The predicted molar refractivity (Wildman–Crippen MR) is 123 cm³/mol. The number of nitrogens with zero attached hydrogens (tertiary/aromatic N) is 1. The Kier molecular flexibility index (Phi) is 6.41. The molecule has 2 amide bonds. The average molecular weight is 466 g/mol. The molecular weight excluding hydrogens is 442 g/mol. The van der Waals surface area contributed by atoms with Gasteiger partial charge in [0.2, 0.25) is 5.91 Å². The molecular formula is C24H23N3O5S. The van der Waals surface area contributed by atoms with Gasteiger partial charge in [-0.2, -0.15) is 0 Å². The molecule has 3 aromatic rings. The molecule has 0 radical (unpaired) electrons. The lowest BCUT2D eigenvalue weighted by atomic mass is 9.98. The summed E-state index contributed by atoms with van der Waals surface area (Å²) in [4.78, 5) is 39.8. The second kappa shape index (κ2) is 9.41. The lowest BCUT2D eigenvalue weighted by Crippen LogP contribution is -2.45. The van der Waals surface area contributed by atoms with Gasteiger partial charge >= 0.3 is 12.1 Å². The highest BCUT2D eigenvalue weighted by molar-refractivity contribution is 7.09. The molecule has 0 spiro atoms. The number of carbonyl (C=O) groups is 3. The number of carboxylic acid groups (broad SMARTS) is 1. The number of hydrogen-bond donors (Lipinski definition) is 3. The van der Waals surface area contributed by atoms with Gasteiger partial charge in [-0.05, 0) is 36.1 Å². The van der Waals surface area contributed by atoms with Gasteiger partial charge in [0.25, 0.3) is 0 Å². The van der Waals surface area contributed by atoms with Gasteiger partial charge in [-0.1, -0.05) is 48.5 Å². The summed E-state index contributed by atoms with van der Waals surface area (Å²) < 4.78 is 5.47. The van der Waals surface area contributed by atoms with Crippen LogP contribution >= 0.6 is 11.3 Å². The van der Waals surface area contributed by atoms with E-state index in [2.05, 4.69) is 27.8 Å². The number of benzene rings is 2. The molecule has 0 fully saturated rings. The minimum atomic E-state index is -1.12. The second-order valence-corrected chi connectivity index (χ2v) is 8.69. The molecule has 1 unspecified atom stereocenters. The Bertz CT molecular complexity index is 1160. The maximum Gasteiger partial charge on any atom is 0.407 e. The molecule has 0 bridgehead atoms. The highest BCUT2D eigenvalue weighted by Crippen LogP contribution is 2.44. The minimum Gasteiger partial charge on any atom is -0.476 e. The number of aromatic carboxylic acids is 1. The standard InChI is InChI=1S/C24H23N3O5S/c1-13(21(28)25-14(2)22-27-20(12-33-22)23(29)30)26-24(31)32-11-19-17-9-5-3-7-15(17)16-8-4-6-10-18(16)19/h3-10,12-14,19H,11H2,1-2H3,(H,25,28)(H,26,31)(H,29,30)/t13-,14?/m1/s1. The van der Waals surface area contributed by atoms with Crippen LogP contribution in [-0.4, -0.2) is 40.7 Å². The van der Waals surface area contributed by atoms with Crippen molar-refractivity contribution in [2.75, 3.05) is 6.61 Å². The molecule has 2 atom stereocenters. The van der Waals surface area contributed by atoms with Gasteiger partial charge in [0.05, 0.1) is 6.04 Å². The van der Waals surface area contributed by atoms with Crippen molar-refractivity contribution in [1.82, 2.24) is 15.6 Å². The molecule has 9 heteroatoms. The van der Waals surface area contributed by atoms with Crippen LogP contribution in [0.1, 0.15) is 52.4 Å². The molecule has 0 saturated carbocycles.